The summed E-state index contributed by atoms with van der Waals surface area (Å²) in [4.78, 5) is 11.4. The predicted molar refractivity (Wildman–Crippen MR) is 59.1 cm³/mol. The molecule has 1 aromatic rings. The van der Waals surface area contributed by atoms with E-state index in [9.17, 15) is 4.79 Å². The highest BCUT2D eigenvalue weighted by Crippen LogP contribution is 2.13. The largest absolute Gasteiger partial charge is 0.461 e. The molecule has 0 heterocycles. The summed E-state index contributed by atoms with van der Waals surface area (Å²) in [5, 5.41) is 11.7. The van der Waals surface area contributed by atoms with Crippen molar-refractivity contribution in [1.29, 1.82) is 0 Å². The molecular formula is C10H10BrNO3. The van der Waals surface area contributed by atoms with Gasteiger partial charge in [0.15, 0.2) is 5.71 Å². The van der Waals surface area contributed by atoms with Crippen molar-refractivity contribution in [3.8, 4) is 0 Å². The minimum atomic E-state index is -0.641. The Kier molecular flexibility index (Phi) is 4.30. The van der Waals surface area contributed by atoms with Gasteiger partial charge in [0, 0.05) is 10.0 Å². The van der Waals surface area contributed by atoms with Crippen LogP contribution in [0, 0.1) is 0 Å². The van der Waals surface area contributed by atoms with Crippen molar-refractivity contribution in [3.63, 3.8) is 0 Å². The number of carbonyl (C=O) groups excluding carboxylic acids is 1. The first-order valence-electron chi connectivity index (χ1n) is 4.34. The standard InChI is InChI=1S/C10H10BrNO3/c1-2-15-10(13)9(12-14)7-4-3-5-8(11)6-7/h3-6,14H,2H2,1H3/b12-9+. The van der Waals surface area contributed by atoms with Crippen LogP contribution >= 0.6 is 15.9 Å². The van der Waals surface area contributed by atoms with E-state index in [1.54, 1.807) is 25.1 Å². The van der Waals surface area contributed by atoms with Gasteiger partial charge in [0.05, 0.1) is 6.61 Å². The Morgan fingerprint density at radius 2 is 2.33 bits per heavy atom. The second-order valence-electron chi connectivity index (χ2n) is 2.68. The maximum atomic E-state index is 11.4. The predicted octanol–water partition coefficient (Wildman–Crippen LogP) is 2.19. The second kappa shape index (κ2) is 5.50. The lowest BCUT2D eigenvalue weighted by atomic mass is 10.1. The summed E-state index contributed by atoms with van der Waals surface area (Å²) in [5.41, 5.74) is 0.406. The van der Waals surface area contributed by atoms with Crippen LogP contribution in [0.15, 0.2) is 33.9 Å². The maximum Gasteiger partial charge on any atom is 0.361 e. The lowest BCUT2D eigenvalue weighted by molar-refractivity contribution is -0.135. The highest BCUT2D eigenvalue weighted by molar-refractivity contribution is 9.10. The first kappa shape index (κ1) is 11.7. The number of esters is 1. The molecule has 0 spiro atoms. The molecule has 0 radical (unpaired) electrons. The number of halogens is 1. The third-order valence-corrected chi connectivity index (χ3v) is 2.16. The fourth-order valence-corrected chi connectivity index (χ4v) is 1.45. The minimum Gasteiger partial charge on any atom is -0.461 e. The van der Waals surface area contributed by atoms with Gasteiger partial charge < -0.3 is 9.94 Å². The van der Waals surface area contributed by atoms with Crippen LogP contribution in [0.25, 0.3) is 0 Å². The summed E-state index contributed by atoms with van der Waals surface area (Å²) in [6, 6.07) is 6.89. The highest BCUT2D eigenvalue weighted by atomic mass is 79.9. The molecule has 5 heteroatoms. The molecule has 0 saturated heterocycles. The molecule has 0 aliphatic carbocycles. The van der Waals surface area contributed by atoms with E-state index in [0.29, 0.717) is 5.56 Å². The van der Waals surface area contributed by atoms with Crippen LogP contribution in [-0.2, 0) is 9.53 Å². The Bertz CT molecular complexity index is 390. The minimum absolute atomic E-state index is 0.0989. The van der Waals surface area contributed by atoms with Crippen molar-refractivity contribution >= 4 is 27.6 Å². The lowest BCUT2D eigenvalue weighted by Gasteiger charge is -2.04. The quantitative estimate of drug-likeness (QED) is 0.397. The summed E-state index contributed by atoms with van der Waals surface area (Å²) in [7, 11) is 0. The summed E-state index contributed by atoms with van der Waals surface area (Å²) in [5.74, 6) is -0.641. The Hall–Kier alpha value is -1.36. The number of carbonyl (C=O) groups is 1. The zero-order valence-electron chi connectivity index (χ0n) is 8.11. The summed E-state index contributed by atoms with van der Waals surface area (Å²) >= 11 is 3.26. The van der Waals surface area contributed by atoms with E-state index in [-0.39, 0.29) is 12.3 Å². The zero-order valence-corrected chi connectivity index (χ0v) is 9.69. The molecule has 1 N–H and O–H groups in total. The average Bonchev–Trinajstić information content (AvgIpc) is 2.19. The molecule has 15 heavy (non-hydrogen) atoms. The van der Waals surface area contributed by atoms with Crippen LogP contribution in [0.4, 0.5) is 0 Å². The van der Waals surface area contributed by atoms with Crippen LogP contribution in [0.5, 0.6) is 0 Å². The van der Waals surface area contributed by atoms with Gasteiger partial charge in [0.25, 0.3) is 0 Å². The van der Waals surface area contributed by atoms with Crippen molar-refractivity contribution in [3.05, 3.63) is 34.3 Å². The molecule has 80 valence electrons. The number of nitrogens with zero attached hydrogens (tertiary/aromatic N) is 1. The van der Waals surface area contributed by atoms with E-state index >= 15 is 0 Å². The molecule has 0 aliphatic rings. The van der Waals surface area contributed by atoms with Gasteiger partial charge in [-0.05, 0) is 19.1 Å². The van der Waals surface area contributed by atoms with E-state index in [4.69, 9.17) is 9.94 Å². The highest BCUT2D eigenvalue weighted by Gasteiger charge is 2.15. The van der Waals surface area contributed by atoms with Gasteiger partial charge >= 0.3 is 5.97 Å². The first-order chi connectivity index (χ1) is 7.19. The molecule has 0 aromatic heterocycles. The van der Waals surface area contributed by atoms with E-state index in [0.717, 1.165) is 4.47 Å². The van der Waals surface area contributed by atoms with Crippen LogP contribution in [-0.4, -0.2) is 23.5 Å². The monoisotopic (exact) mass is 271 g/mol. The van der Waals surface area contributed by atoms with E-state index < -0.39 is 5.97 Å². The Morgan fingerprint density at radius 3 is 2.87 bits per heavy atom. The zero-order chi connectivity index (χ0) is 11.3. The molecular weight excluding hydrogens is 262 g/mol. The van der Waals surface area contributed by atoms with Crippen molar-refractivity contribution in [2.24, 2.45) is 5.16 Å². The van der Waals surface area contributed by atoms with E-state index in [1.807, 2.05) is 6.07 Å². The number of hydrogen-bond donors (Lipinski definition) is 1. The molecule has 0 bridgehead atoms. The number of benzene rings is 1. The molecule has 0 amide bonds. The topological polar surface area (TPSA) is 58.9 Å². The van der Waals surface area contributed by atoms with Gasteiger partial charge in [-0.15, -0.1) is 0 Å². The van der Waals surface area contributed by atoms with Crippen molar-refractivity contribution in [1.82, 2.24) is 0 Å². The van der Waals surface area contributed by atoms with Gasteiger partial charge in [-0.1, -0.05) is 33.2 Å². The van der Waals surface area contributed by atoms with Gasteiger partial charge in [-0.2, -0.15) is 0 Å². The Balaban J connectivity index is 2.99. The number of ether oxygens (including phenoxy) is 1. The fourth-order valence-electron chi connectivity index (χ4n) is 1.05. The van der Waals surface area contributed by atoms with E-state index in [2.05, 4.69) is 21.1 Å². The van der Waals surface area contributed by atoms with Crippen molar-refractivity contribution in [2.45, 2.75) is 6.92 Å². The van der Waals surface area contributed by atoms with Crippen LogP contribution in [0.3, 0.4) is 0 Å². The molecule has 0 unspecified atom stereocenters. The molecule has 0 atom stereocenters. The summed E-state index contributed by atoms with van der Waals surface area (Å²) in [6.07, 6.45) is 0. The van der Waals surface area contributed by atoms with Gasteiger partial charge in [-0.3, -0.25) is 0 Å². The fraction of sp³-hybridized carbons (Fsp3) is 0.200. The first-order valence-corrected chi connectivity index (χ1v) is 5.13. The van der Waals surface area contributed by atoms with Gasteiger partial charge in [-0.25, -0.2) is 4.79 Å². The molecule has 1 aromatic carbocycles. The Labute approximate surface area is 95.7 Å². The molecule has 0 saturated carbocycles. The number of rotatable bonds is 3. The molecule has 4 nitrogen and oxygen atoms in total. The number of hydrogen-bond acceptors (Lipinski definition) is 4. The van der Waals surface area contributed by atoms with Gasteiger partial charge in [0.1, 0.15) is 0 Å². The molecule has 0 fully saturated rings. The maximum absolute atomic E-state index is 11.4. The smallest absolute Gasteiger partial charge is 0.361 e. The normalized spacial score (nSPS) is 11.2. The third-order valence-electron chi connectivity index (χ3n) is 1.67. The van der Waals surface area contributed by atoms with Crippen LogP contribution < -0.4 is 0 Å². The molecule has 1 rings (SSSR count). The second-order valence-corrected chi connectivity index (χ2v) is 3.60. The van der Waals surface area contributed by atoms with Crippen LogP contribution in [0.1, 0.15) is 12.5 Å². The van der Waals surface area contributed by atoms with Crippen molar-refractivity contribution < 1.29 is 14.7 Å². The summed E-state index contributed by atoms with van der Waals surface area (Å²) < 4.78 is 5.54. The molecule has 0 aliphatic heterocycles. The average molecular weight is 272 g/mol. The van der Waals surface area contributed by atoms with Crippen molar-refractivity contribution in [2.75, 3.05) is 6.61 Å². The Morgan fingerprint density at radius 1 is 1.60 bits per heavy atom. The number of oxime groups is 1. The van der Waals surface area contributed by atoms with Gasteiger partial charge in [0.2, 0.25) is 0 Å². The van der Waals surface area contributed by atoms with Crippen LogP contribution in [0.2, 0.25) is 0 Å². The van der Waals surface area contributed by atoms with E-state index in [1.165, 1.54) is 0 Å². The SMILES string of the molecule is CCOC(=O)/C(=N/O)c1cccc(Br)c1. The lowest BCUT2D eigenvalue weighted by Crippen LogP contribution is -2.18. The third kappa shape index (κ3) is 3.06. The summed E-state index contributed by atoms with van der Waals surface area (Å²) in [6.45, 7) is 1.93.